The standard InChI is InChI=1S/C15H20N2O3/c1-10-8-11(2)17(9-10)15(20)16(3)13-7-5-4-6-12(13)14(18)19/h4-7,10-11H,8-9H2,1-3H3,(H,18,19). The van der Waals surface area contributed by atoms with Gasteiger partial charge in [-0.25, -0.2) is 9.59 Å². The summed E-state index contributed by atoms with van der Waals surface area (Å²) in [4.78, 5) is 27.0. The van der Waals surface area contributed by atoms with Gasteiger partial charge in [-0.2, -0.15) is 0 Å². The molecule has 2 atom stereocenters. The van der Waals surface area contributed by atoms with Crippen LogP contribution in [0.5, 0.6) is 0 Å². The summed E-state index contributed by atoms with van der Waals surface area (Å²) >= 11 is 0. The number of benzene rings is 1. The van der Waals surface area contributed by atoms with Crippen LogP contribution in [0.25, 0.3) is 0 Å². The SMILES string of the molecule is CC1CC(C)N(C(=O)N(C)c2ccccc2C(=O)O)C1. The van der Waals surface area contributed by atoms with Crippen LogP contribution in [-0.2, 0) is 0 Å². The molecule has 1 aromatic carbocycles. The zero-order valence-electron chi connectivity index (χ0n) is 12.0. The Hall–Kier alpha value is -2.04. The third-order valence-electron chi connectivity index (χ3n) is 3.81. The predicted octanol–water partition coefficient (Wildman–Crippen LogP) is 2.67. The lowest BCUT2D eigenvalue weighted by atomic mass is 10.1. The summed E-state index contributed by atoms with van der Waals surface area (Å²) in [6.45, 7) is 4.87. The smallest absolute Gasteiger partial charge is 0.337 e. The van der Waals surface area contributed by atoms with Crippen molar-refractivity contribution in [1.82, 2.24) is 4.90 Å². The first-order chi connectivity index (χ1) is 9.41. The lowest BCUT2D eigenvalue weighted by Gasteiger charge is -2.28. The van der Waals surface area contributed by atoms with Gasteiger partial charge in [0.2, 0.25) is 0 Å². The number of hydrogen-bond acceptors (Lipinski definition) is 2. The van der Waals surface area contributed by atoms with Gasteiger partial charge < -0.3 is 10.0 Å². The highest BCUT2D eigenvalue weighted by molar-refractivity contribution is 6.01. The van der Waals surface area contributed by atoms with Crippen molar-refractivity contribution in [2.75, 3.05) is 18.5 Å². The number of amides is 2. The van der Waals surface area contributed by atoms with Crippen molar-refractivity contribution in [3.05, 3.63) is 29.8 Å². The van der Waals surface area contributed by atoms with E-state index in [1.807, 2.05) is 11.8 Å². The van der Waals surface area contributed by atoms with Gasteiger partial charge in [-0.05, 0) is 31.4 Å². The largest absolute Gasteiger partial charge is 0.478 e. The van der Waals surface area contributed by atoms with Crippen molar-refractivity contribution in [2.45, 2.75) is 26.3 Å². The summed E-state index contributed by atoms with van der Waals surface area (Å²) in [6.07, 6.45) is 0.986. The second-order valence-electron chi connectivity index (χ2n) is 5.51. The molecule has 1 heterocycles. The average Bonchev–Trinajstić information content (AvgIpc) is 2.76. The van der Waals surface area contributed by atoms with E-state index in [1.165, 1.54) is 11.0 Å². The van der Waals surface area contributed by atoms with E-state index < -0.39 is 5.97 Å². The van der Waals surface area contributed by atoms with Gasteiger partial charge in [-0.3, -0.25) is 4.90 Å². The molecule has 1 fully saturated rings. The van der Waals surface area contributed by atoms with Gasteiger partial charge in [-0.1, -0.05) is 19.1 Å². The number of carbonyl (C=O) groups is 2. The van der Waals surface area contributed by atoms with Gasteiger partial charge in [0.15, 0.2) is 0 Å². The number of carboxylic acid groups (broad SMARTS) is 1. The average molecular weight is 276 g/mol. The van der Waals surface area contributed by atoms with Crippen LogP contribution in [0.1, 0.15) is 30.6 Å². The Morgan fingerprint density at radius 3 is 2.50 bits per heavy atom. The van der Waals surface area contributed by atoms with Crippen LogP contribution < -0.4 is 4.90 Å². The van der Waals surface area contributed by atoms with E-state index in [4.69, 9.17) is 0 Å². The molecule has 0 saturated carbocycles. The molecular weight excluding hydrogens is 256 g/mol. The molecule has 0 bridgehead atoms. The first-order valence-corrected chi connectivity index (χ1v) is 6.78. The van der Waals surface area contributed by atoms with E-state index in [-0.39, 0.29) is 17.6 Å². The minimum Gasteiger partial charge on any atom is -0.478 e. The highest BCUT2D eigenvalue weighted by Gasteiger charge is 2.32. The summed E-state index contributed by atoms with van der Waals surface area (Å²) in [5.74, 6) is -0.542. The number of urea groups is 1. The van der Waals surface area contributed by atoms with Crippen molar-refractivity contribution in [3.8, 4) is 0 Å². The van der Waals surface area contributed by atoms with Crippen LogP contribution >= 0.6 is 0 Å². The van der Waals surface area contributed by atoms with Crippen LogP contribution in [0.2, 0.25) is 0 Å². The summed E-state index contributed by atoms with van der Waals surface area (Å²) in [5, 5.41) is 9.20. The van der Waals surface area contributed by atoms with Crippen molar-refractivity contribution in [2.24, 2.45) is 5.92 Å². The molecular formula is C15H20N2O3. The monoisotopic (exact) mass is 276 g/mol. The Morgan fingerprint density at radius 1 is 1.30 bits per heavy atom. The Kier molecular flexibility index (Phi) is 3.97. The second kappa shape index (κ2) is 5.53. The third-order valence-corrected chi connectivity index (χ3v) is 3.81. The molecule has 20 heavy (non-hydrogen) atoms. The van der Waals surface area contributed by atoms with Crippen LogP contribution in [0.3, 0.4) is 0 Å². The Balaban J connectivity index is 2.25. The maximum absolute atomic E-state index is 12.5. The van der Waals surface area contributed by atoms with E-state index in [0.717, 1.165) is 13.0 Å². The zero-order valence-corrected chi connectivity index (χ0v) is 12.0. The fourth-order valence-corrected chi connectivity index (χ4v) is 2.81. The van der Waals surface area contributed by atoms with E-state index in [2.05, 4.69) is 6.92 Å². The van der Waals surface area contributed by atoms with Gasteiger partial charge in [0.05, 0.1) is 11.3 Å². The van der Waals surface area contributed by atoms with E-state index in [9.17, 15) is 14.7 Å². The van der Waals surface area contributed by atoms with Crippen molar-refractivity contribution in [3.63, 3.8) is 0 Å². The molecule has 1 aromatic rings. The molecule has 1 saturated heterocycles. The van der Waals surface area contributed by atoms with Gasteiger partial charge >= 0.3 is 12.0 Å². The van der Waals surface area contributed by atoms with Crippen molar-refractivity contribution in [1.29, 1.82) is 0 Å². The van der Waals surface area contributed by atoms with Crippen molar-refractivity contribution < 1.29 is 14.7 Å². The lowest BCUT2D eigenvalue weighted by Crippen LogP contribution is -2.43. The van der Waals surface area contributed by atoms with Crippen molar-refractivity contribution >= 4 is 17.7 Å². The third kappa shape index (κ3) is 2.61. The second-order valence-corrected chi connectivity index (χ2v) is 5.51. The summed E-state index contributed by atoms with van der Waals surface area (Å²) in [5.41, 5.74) is 0.569. The predicted molar refractivity (Wildman–Crippen MR) is 77.1 cm³/mol. The first-order valence-electron chi connectivity index (χ1n) is 6.78. The summed E-state index contributed by atoms with van der Waals surface area (Å²) < 4.78 is 0. The van der Waals surface area contributed by atoms with Gasteiger partial charge in [0.25, 0.3) is 0 Å². The normalized spacial score (nSPS) is 21.9. The van der Waals surface area contributed by atoms with Gasteiger partial charge in [-0.15, -0.1) is 0 Å². The molecule has 0 radical (unpaired) electrons. The van der Waals surface area contributed by atoms with Gasteiger partial charge in [0.1, 0.15) is 0 Å². The number of carbonyl (C=O) groups excluding carboxylic acids is 1. The summed E-state index contributed by atoms with van der Waals surface area (Å²) in [6, 6.07) is 6.61. The van der Waals surface area contributed by atoms with Crippen LogP contribution in [0, 0.1) is 5.92 Å². The van der Waals surface area contributed by atoms with E-state index >= 15 is 0 Å². The number of likely N-dealkylation sites (tertiary alicyclic amines) is 1. The minimum absolute atomic E-state index is 0.142. The number of para-hydroxylation sites is 1. The van der Waals surface area contributed by atoms with Crippen LogP contribution in [0.4, 0.5) is 10.5 Å². The topological polar surface area (TPSA) is 60.9 Å². The Labute approximate surface area is 118 Å². The minimum atomic E-state index is -1.02. The van der Waals surface area contributed by atoms with E-state index in [1.54, 1.807) is 25.2 Å². The number of rotatable bonds is 2. The fourth-order valence-electron chi connectivity index (χ4n) is 2.81. The first kappa shape index (κ1) is 14.4. The lowest BCUT2D eigenvalue weighted by molar-refractivity contribution is 0.0697. The quantitative estimate of drug-likeness (QED) is 0.903. The zero-order chi connectivity index (χ0) is 14.9. The summed E-state index contributed by atoms with van der Waals surface area (Å²) in [7, 11) is 1.62. The highest BCUT2D eigenvalue weighted by Crippen LogP contribution is 2.26. The molecule has 5 heteroatoms. The molecule has 0 aromatic heterocycles. The fraction of sp³-hybridized carbons (Fsp3) is 0.467. The molecule has 0 spiro atoms. The molecule has 5 nitrogen and oxygen atoms in total. The van der Waals surface area contributed by atoms with Crippen LogP contribution in [0.15, 0.2) is 24.3 Å². The Bertz CT molecular complexity index is 530. The Morgan fingerprint density at radius 2 is 1.95 bits per heavy atom. The highest BCUT2D eigenvalue weighted by atomic mass is 16.4. The van der Waals surface area contributed by atoms with E-state index in [0.29, 0.717) is 11.6 Å². The van der Waals surface area contributed by atoms with Crippen LogP contribution in [-0.4, -0.2) is 41.6 Å². The molecule has 0 aliphatic carbocycles. The number of nitrogens with zero attached hydrogens (tertiary/aromatic N) is 2. The molecule has 1 N–H and O–H groups in total. The maximum Gasteiger partial charge on any atom is 0.337 e. The molecule has 1 aliphatic heterocycles. The molecule has 2 rings (SSSR count). The number of hydrogen-bond donors (Lipinski definition) is 1. The molecule has 108 valence electrons. The molecule has 1 aliphatic rings. The number of carboxylic acids is 1. The molecule has 2 unspecified atom stereocenters. The van der Waals surface area contributed by atoms with Gasteiger partial charge in [0, 0.05) is 19.6 Å². The maximum atomic E-state index is 12.5. The number of anilines is 1. The molecule has 2 amide bonds. The number of aromatic carboxylic acids is 1.